The molecular weight excluding hydrogens is 166 g/mol. The Morgan fingerprint density at radius 3 is 3.20 bits per heavy atom. The standard InChI is InChI=1S/C6H9NOS2/c9-4-1-5-10-6-7-2-3-8-6/h2-3,9H,1,4-5H2. The monoisotopic (exact) mass is 175 g/mol. The molecule has 0 aliphatic rings. The van der Waals surface area contributed by atoms with E-state index >= 15 is 0 Å². The van der Waals surface area contributed by atoms with Crippen molar-refractivity contribution in [2.75, 3.05) is 11.5 Å². The van der Waals surface area contributed by atoms with Crippen molar-refractivity contribution in [1.82, 2.24) is 4.98 Å². The highest BCUT2D eigenvalue weighted by atomic mass is 32.2. The number of nitrogens with zero attached hydrogens (tertiary/aromatic N) is 1. The molecule has 0 saturated heterocycles. The van der Waals surface area contributed by atoms with Crippen LogP contribution >= 0.6 is 24.4 Å². The molecular formula is C6H9NOS2. The highest BCUT2D eigenvalue weighted by molar-refractivity contribution is 7.99. The third-order valence-corrected chi connectivity index (χ3v) is 2.20. The van der Waals surface area contributed by atoms with Gasteiger partial charge in [0.1, 0.15) is 6.26 Å². The average Bonchev–Trinajstić information content (AvgIpc) is 2.41. The van der Waals surface area contributed by atoms with Gasteiger partial charge in [-0.3, -0.25) is 0 Å². The lowest BCUT2D eigenvalue weighted by Crippen LogP contribution is -1.79. The van der Waals surface area contributed by atoms with E-state index in [-0.39, 0.29) is 0 Å². The maximum Gasteiger partial charge on any atom is 0.255 e. The van der Waals surface area contributed by atoms with Crippen LogP contribution in [0.4, 0.5) is 0 Å². The van der Waals surface area contributed by atoms with E-state index in [0.717, 1.165) is 23.1 Å². The van der Waals surface area contributed by atoms with Gasteiger partial charge in [-0.1, -0.05) is 11.8 Å². The minimum Gasteiger partial charge on any atom is -0.440 e. The van der Waals surface area contributed by atoms with Crippen molar-refractivity contribution in [2.45, 2.75) is 11.6 Å². The van der Waals surface area contributed by atoms with Crippen molar-refractivity contribution in [3.63, 3.8) is 0 Å². The van der Waals surface area contributed by atoms with Crippen LogP contribution in [0.3, 0.4) is 0 Å². The summed E-state index contributed by atoms with van der Waals surface area (Å²) in [5.74, 6) is 1.96. The summed E-state index contributed by atoms with van der Waals surface area (Å²) in [5, 5.41) is 0.752. The van der Waals surface area contributed by atoms with Crippen LogP contribution in [0.1, 0.15) is 6.42 Å². The number of thiol groups is 1. The minimum absolute atomic E-state index is 0.752. The largest absolute Gasteiger partial charge is 0.440 e. The summed E-state index contributed by atoms with van der Waals surface area (Å²) in [6, 6.07) is 0. The van der Waals surface area contributed by atoms with Gasteiger partial charge in [-0.2, -0.15) is 12.6 Å². The lowest BCUT2D eigenvalue weighted by Gasteiger charge is -1.91. The molecule has 2 nitrogen and oxygen atoms in total. The summed E-state index contributed by atoms with van der Waals surface area (Å²) < 4.78 is 5.01. The van der Waals surface area contributed by atoms with Crippen molar-refractivity contribution >= 4 is 24.4 Å². The average molecular weight is 175 g/mol. The molecule has 0 aliphatic carbocycles. The Balaban J connectivity index is 2.15. The van der Waals surface area contributed by atoms with Gasteiger partial charge in [-0.05, 0) is 12.2 Å². The van der Waals surface area contributed by atoms with Crippen LogP contribution in [0, 0.1) is 0 Å². The van der Waals surface area contributed by atoms with Crippen LogP contribution in [0.2, 0.25) is 0 Å². The molecule has 56 valence electrons. The maximum atomic E-state index is 5.01. The van der Waals surface area contributed by atoms with E-state index in [1.165, 1.54) is 0 Å². The van der Waals surface area contributed by atoms with Crippen molar-refractivity contribution in [2.24, 2.45) is 0 Å². The summed E-state index contributed by atoms with van der Waals surface area (Å²) in [4.78, 5) is 3.96. The van der Waals surface area contributed by atoms with E-state index in [1.54, 1.807) is 24.2 Å². The molecule has 0 spiro atoms. The fourth-order valence-corrected chi connectivity index (χ4v) is 1.60. The van der Waals surface area contributed by atoms with Crippen molar-refractivity contribution < 1.29 is 4.42 Å². The van der Waals surface area contributed by atoms with E-state index in [4.69, 9.17) is 4.42 Å². The second kappa shape index (κ2) is 4.68. The molecule has 4 heteroatoms. The van der Waals surface area contributed by atoms with Gasteiger partial charge in [-0.15, -0.1) is 0 Å². The topological polar surface area (TPSA) is 26.0 Å². The van der Waals surface area contributed by atoms with Crippen molar-refractivity contribution in [3.05, 3.63) is 12.5 Å². The normalized spacial score (nSPS) is 10.1. The first-order valence-corrected chi connectivity index (χ1v) is 4.68. The molecule has 1 rings (SSSR count). The molecule has 0 unspecified atom stereocenters. The summed E-state index contributed by atoms with van der Waals surface area (Å²) in [7, 11) is 0. The molecule has 0 bridgehead atoms. The van der Waals surface area contributed by atoms with Gasteiger partial charge < -0.3 is 4.42 Å². The number of hydrogen-bond donors (Lipinski definition) is 1. The fourth-order valence-electron chi connectivity index (χ4n) is 0.506. The molecule has 0 amide bonds. The summed E-state index contributed by atoms with van der Waals surface area (Å²) in [6.45, 7) is 0. The Bertz CT molecular complexity index is 164. The number of hydrogen-bond acceptors (Lipinski definition) is 4. The van der Waals surface area contributed by atoms with Crippen LogP contribution in [-0.2, 0) is 0 Å². The second-order valence-electron chi connectivity index (χ2n) is 1.72. The molecule has 1 heterocycles. The third-order valence-electron chi connectivity index (χ3n) is 0.938. The number of aromatic nitrogens is 1. The highest BCUT2D eigenvalue weighted by Gasteiger charge is 1.95. The predicted molar refractivity (Wildman–Crippen MR) is 45.7 cm³/mol. The first-order valence-electron chi connectivity index (χ1n) is 3.06. The fraction of sp³-hybridized carbons (Fsp3) is 0.500. The van der Waals surface area contributed by atoms with Gasteiger partial charge in [-0.25, -0.2) is 4.98 Å². The summed E-state index contributed by atoms with van der Waals surface area (Å²) in [6.07, 6.45) is 4.34. The molecule has 0 N–H and O–H groups in total. The Kier molecular flexibility index (Phi) is 3.75. The van der Waals surface area contributed by atoms with E-state index in [2.05, 4.69) is 17.6 Å². The first kappa shape index (κ1) is 8.01. The van der Waals surface area contributed by atoms with Crippen LogP contribution in [0.25, 0.3) is 0 Å². The molecule has 0 fully saturated rings. The number of rotatable bonds is 4. The molecule has 1 aromatic heterocycles. The van der Waals surface area contributed by atoms with E-state index in [1.807, 2.05) is 0 Å². The van der Waals surface area contributed by atoms with Crippen LogP contribution in [-0.4, -0.2) is 16.5 Å². The molecule has 0 saturated carbocycles. The molecule has 0 aliphatic heterocycles. The molecule has 0 aromatic carbocycles. The van der Waals surface area contributed by atoms with Gasteiger partial charge in [0.15, 0.2) is 0 Å². The van der Waals surface area contributed by atoms with Gasteiger partial charge in [0.2, 0.25) is 0 Å². The molecule has 0 atom stereocenters. The second-order valence-corrected chi connectivity index (χ2v) is 3.22. The van der Waals surface area contributed by atoms with Gasteiger partial charge in [0, 0.05) is 5.75 Å². The summed E-state index contributed by atoms with van der Waals surface area (Å²) in [5.41, 5.74) is 0. The zero-order chi connectivity index (χ0) is 7.23. The van der Waals surface area contributed by atoms with E-state index in [9.17, 15) is 0 Å². The zero-order valence-electron chi connectivity index (χ0n) is 5.49. The summed E-state index contributed by atoms with van der Waals surface area (Å²) >= 11 is 5.71. The van der Waals surface area contributed by atoms with Crippen molar-refractivity contribution in [3.8, 4) is 0 Å². The molecule has 0 radical (unpaired) electrons. The molecule has 10 heavy (non-hydrogen) atoms. The Morgan fingerprint density at radius 2 is 2.60 bits per heavy atom. The lowest BCUT2D eigenvalue weighted by atomic mass is 10.6. The lowest BCUT2D eigenvalue weighted by molar-refractivity contribution is 0.454. The first-order chi connectivity index (χ1) is 4.93. The Hall–Kier alpha value is -0.0900. The van der Waals surface area contributed by atoms with Gasteiger partial charge in [0.25, 0.3) is 5.22 Å². The van der Waals surface area contributed by atoms with E-state index in [0.29, 0.717) is 0 Å². The van der Waals surface area contributed by atoms with Gasteiger partial charge >= 0.3 is 0 Å². The minimum atomic E-state index is 0.752. The van der Waals surface area contributed by atoms with E-state index < -0.39 is 0 Å². The maximum absolute atomic E-state index is 5.01. The Morgan fingerprint density at radius 1 is 1.70 bits per heavy atom. The smallest absolute Gasteiger partial charge is 0.255 e. The van der Waals surface area contributed by atoms with Crippen LogP contribution in [0.15, 0.2) is 22.1 Å². The predicted octanol–water partition coefficient (Wildman–Crippen LogP) is 2.09. The SMILES string of the molecule is SCCCSc1ncco1. The Labute approximate surface area is 69.8 Å². The zero-order valence-corrected chi connectivity index (χ0v) is 7.20. The number of oxazole rings is 1. The third kappa shape index (κ3) is 2.66. The van der Waals surface area contributed by atoms with Crippen LogP contribution < -0.4 is 0 Å². The number of thioether (sulfide) groups is 1. The van der Waals surface area contributed by atoms with Gasteiger partial charge in [0.05, 0.1) is 6.20 Å². The van der Waals surface area contributed by atoms with Crippen LogP contribution in [0.5, 0.6) is 0 Å². The van der Waals surface area contributed by atoms with Crippen molar-refractivity contribution in [1.29, 1.82) is 0 Å². The molecule has 1 aromatic rings. The highest BCUT2D eigenvalue weighted by Crippen LogP contribution is 2.15. The quantitative estimate of drug-likeness (QED) is 0.431.